The number of ether oxygens (including phenoxy) is 1. The zero-order valence-electron chi connectivity index (χ0n) is 16.2. The number of amides is 2. The Bertz CT molecular complexity index is 807. The predicted octanol–water partition coefficient (Wildman–Crippen LogP) is 3.58. The molecule has 0 spiro atoms. The highest BCUT2D eigenvalue weighted by Crippen LogP contribution is 2.22. The molecule has 0 saturated heterocycles. The Morgan fingerprint density at radius 3 is 2.46 bits per heavy atom. The van der Waals surface area contributed by atoms with E-state index >= 15 is 0 Å². The SMILES string of the molecule is CCNC(=O)[C@H](C)N(Cc1ccc(OC)cc1)C(=O)Cc1c(F)cccc1Cl. The lowest BCUT2D eigenvalue weighted by atomic mass is 10.1. The molecule has 0 aromatic heterocycles. The summed E-state index contributed by atoms with van der Waals surface area (Å²) in [6.45, 7) is 4.11. The summed E-state index contributed by atoms with van der Waals surface area (Å²) in [5.74, 6) is -0.516. The average molecular weight is 407 g/mol. The molecule has 0 aliphatic heterocycles. The van der Waals surface area contributed by atoms with Gasteiger partial charge in [-0.2, -0.15) is 0 Å². The summed E-state index contributed by atoms with van der Waals surface area (Å²) in [5.41, 5.74) is 0.946. The van der Waals surface area contributed by atoms with E-state index in [-0.39, 0.29) is 35.4 Å². The van der Waals surface area contributed by atoms with Gasteiger partial charge in [-0.25, -0.2) is 4.39 Å². The lowest BCUT2D eigenvalue weighted by molar-refractivity contribution is -0.140. The lowest BCUT2D eigenvalue weighted by Crippen LogP contribution is -2.48. The Labute approximate surface area is 169 Å². The maximum atomic E-state index is 14.1. The third-order valence-electron chi connectivity index (χ3n) is 4.42. The molecule has 2 rings (SSSR count). The number of carbonyl (C=O) groups is 2. The van der Waals surface area contributed by atoms with Gasteiger partial charge >= 0.3 is 0 Å². The highest BCUT2D eigenvalue weighted by Gasteiger charge is 2.27. The van der Waals surface area contributed by atoms with Crippen LogP contribution in [0.2, 0.25) is 5.02 Å². The summed E-state index contributed by atoms with van der Waals surface area (Å²) in [6.07, 6.45) is -0.231. The third kappa shape index (κ3) is 5.45. The minimum Gasteiger partial charge on any atom is -0.497 e. The highest BCUT2D eigenvalue weighted by atomic mass is 35.5. The summed E-state index contributed by atoms with van der Waals surface area (Å²) in [6, 6.07) is 10.8. The number of carbonyl (C=O) groups excluding carboxylic acids is 2. The van der Waals surface area contributed by atoms with Crippen molar-refractivity contribution in [2.45, 2.75) is 32.9 Å². The standard InChI is InChI=1S/C21H24ClFN2O3/c1-4-24-21(27)14(2)25(13-15-8-10-16(28-3)11-9-15)20(26)12-17-18(22)6-5-7-19(17)23/h5-11,14H,4,12-13H2,1-3H3,(H,24,27)/t14-/m0/s1. The molecule has 1 N–H and O–H groups in total. The van der Waals surface area contributed by atoms with E-state index in [0.717, 1.165) is 5.56 Å². The van der Waals surface area contributed by atoms with Gasteiger partial charge in [-0.15, -0.1) is 0 Å². The normalized spacial score (nSPS) is 11.6. The van der Waals surface area contributed by atoms with Gasteiger partial charge < -0.3 is 15.0 Å². The smallest absolute Gasteiger partial charge is 0.242 e. The van der Waals surface area contributed by atoms with Gasteiger partial charge in [-0.1, -0.05) is 29.8 Å². The van der Waals surface area contributed by atoms with Crippen LogP contribution in [0.25, 0.3) is 0 Å². The molecule has 0 fully saturated rings. The molecule has 2 amide bonds. The second-order valence-corrected chi connectivity index (χ2v) is 6.72. The number of hydrogen-bond donors (Lipinski definition) is 1. The molecule has 150 valence electrons. The Morgan fingerprint density at radius 2 is 1.89 bits per heavy atom. The van der Waals surface area contributed by atoms with Crippen molar-refractivity contribution in [2.75, 3.05) is 13.7 Å². The lowest BCUT2D eigenvalue weighted by Gasteiger charge is -2.29. The van der Waals surface area contributed by atoms with E-state index in [0.29, 0.717) is 12.3 Å². The van der Waals surface area contributed by atoms with Crippen molar-refractivity contribution in [1.82, 2.24) is 10.2 Å². The molecule has 0 radical (unpaired) electrons. The molecule has 2 aromatic carbocycles. The minimum atomic E-state index is -0.722. The van der Waals surface area contributed by atoms with Crippen LogP contribution in [0.4, 0.5) is 4.39 Å². The number of nitrogens with zero attached hydrogens (tertiary/aromatic N) is 1. The van der Waals surface area contributed by atoms with Gasteiger partial charge in [0, 0.05) is 23.7 Å². The van der Waals surface area contributed by atoms with E-state index in [1.807, 2.05) is 12.1 Å². The molecule has 0 unspecified atom stereocenters. The van der Waals surface area contributed by atoms with Crippen LogP contribution in [0.15, 0.2) is 42.5 Å². The van der Waals surface area contributed by atoms with Crippen molar-refractivity contribution in [3.63, 3.8) is 0 Å². The van der Waals surface area contributed by atoms with Gasteiger partial charge in [0.05, 0.1) is 13.5 Å². The van der Waals surface area contributed by atoms with Crippen molar-refractivity contribution < 1.29 is 18.7 Å². The van der Waals surface area contributed by atoms with Gasteiger partial charge in [0.25, 0.3) is 0 Å². The first-order chi connectivity index (χ1) is 13.4. The maximum Gasteiger partial charge on any atom is 0.242 e. The quantitative estimate of drug-likeness (QED) is 0.728. The molecule has 7 heteroatoms. The number of nitrogens with one attached hydrogen (secondary N) is 1. The first kappa shape index (κ1) is 21.7. The third-order valence-corrected chi connectivity index (χ3v) is 4.77. The summed E-state index contributed by atoms with van der Waals surface area (Å²) < 4.78 is 19.3. The molecular formula is C21H24ClFN2O3. The van der Waals surface area contributed by atoms with Crippen molar-refractivity contribution >= 4 is 23.4 Å². The molecule has 0 saturated carbocycles. The molecule has 0 bridgehead atoms. The Hall–Kier alpha value is -2.60. The summed E-state index contributed by atoms with van der Waals surface area (Å²) in [4.78, 5) is 26.8. The average Bonchev–Trinajstić information content (AvgIpc) is 2.69. The number of hydrogen-bond acceptors (Lipinski definition) is 3. The van der Waals surface area contributed by atoms with Crippen LogP contribution in [0.1, 0.15) is 25.0 Å². The van der Waals surface area contributed by atoms with Crippen LogP contribution < -0.4 is 10.1 Å². The van der Waals surface area contributed by atoms with Crippen LogP contribution in [0, 0.1) is 5.82 Å². The monoisotopic (exact) mass is 406 g/mol. The van der Waals surface area contributed by atoms with Crippen LogP contribution in [-0.2, 0) is 22.6 Å². The molecule has 1 atom stereocenters. The fraction of sp³-hybridized carbons (Fsp3) is 0.333. The van der Waals surface area contributed by atoms with E-state index in [2.05, 4.69) is 5.32 Å². The molecule has 0 heterocycles. The number of likely N-dealkylation sites (N-methyl/N-ethyl adjacent to an activating group) is 1. The van der Waals surface area contributed by atoms with E-state index in [1.54, 1.807) is 33.1 Å². The molecule has 5 nitrogen and oxygen atoms in total. The summed E-state index contributed by atoms with van der Waals surface area (Å²) in [7, 11) is 1.57. The van der Waals surface area contributed by atoms with Crippen LogP contribution >= 0.6 is 11.6 Å². The molecular weight excluding hydrogens is 383 g/mol. The van der Waals surface area contributed by atoms with Gasteiger partial charge in [0.15, 0.2) is 0 Å². The van der Waals surface area contributed by atoms with Crippen LogP contribution in [0.3, 0.4) is 0 Å². The fourth-order valence-corrected chi connectivity index (χ4v) is 3.02. The van der Waals surface area contributed by atoms with Crippen LogP contribution in [-0.4, -0.2) is 36.4 Å². The van der Waals surface area contributed by atoms with Crippen molar-refractivity contribution in [1.29, 1.82) is 0 Å². The second kappa shape index (κ2) is 10.1. The molecule has 2 aromatic rings. The Balaban J connectivity index is 2.27. The van der Waals surface area contributed by atoms with Gasteiger partial charge in [0.2, 0.25) is 11.8 Å². The molecule has 0 aliphatic rings. The van der Waals surface area contributed by atoms with Gasteiger partial charge in [-0.3, -0.25) is 9.59 Å². The Morgan fingerprint density at radius 1 is 1.21 bits per heavy atom. The zero-order chi connectivity index (χ0) is 20.7. The Kier molecular flexibility index (Phi) is 7.81. The number of benzene rings is 2. The topological polar surface area (TPSA) is 58.6 Å². The fourth-order valence-electron chi connectivity index (χ4n) is 2.79. The van der Waals surface area contributed by atoms with Crippen molar-refractivity contribution in [3.8, 4) is 5.75 Å². The molecule has 0 aliphatic carbocycles. The van der Waals surface area contributed by atoms with E-state index in [9.17, 15) is 14.0 Å². The summed E-state index contributed by atoms with van der Waals surface area (Å²) in [5, 5.41) is 2.90. The second-order valence-electron chi connectivity index (χ2n) is 6.32. The number of methoxy groups -OCH3 is 1. The predicted molar refractivity (Wildman–Crippen MR) is 107 cm³/mol. The van der Waals surface area contributed by atoms with E-state index in [4.69, 9.17) is 16.3 Å². The molecule has 28 heavy (non-hydrogen) atoms. The zero-order valence-corrected chi connectivity index (χ0v) is 16.9. The van der Waals surface area contributed by atoms with Crippen molar-refractivity contribution in [2.24, 2.45) is 0 Å². The first-order valence-corrected chi connectivity index (χ1v) is 9.38. The maximum absolute atomic E-state index is 14.1. The van der Waals surface area contributed by atoms with Gasteiger partial charge in [-0.05, 0) is 43.7 Å². The van der Waals surface area contributed by atoms with E-state index in [1.165, 1.54) is 23.1 Å². The van der Waals surface area contributed by atoms with Crippen molar-refractivity contribution in [3.05, 3.63) is 64.4 Å². The van der Waals surface area contributed by atoms with Gasteiger partial charge in [0.1, 0.15) is 17.6 Å². The van der Waals surface area contributed by atoms with E-state index < -0.39 is 11.9 Å². The largest absolute Gasteiger partial charge is 0.497 e. The number of halogens is 2. The number of rotatable bonds is 8. The first-order valence-electron chi connectivity index (χ1n) is 9.00. The minimum absolute atomic E-state index is 0.122. The summed E-state index contributed by atoms with van der Waals surface area (Å²) >= 11 is 6.06. The highest BCUT2D eigenvalue weighted by molar-refractivity contribution is 6.31. The van der Waals surface area contributed by atoms with Crippen LogP contribution in [0.5, 0.6) is 5.75 Å².